The fraction of sp³-hybridized carbons (Fsp3) is 0.286. The summed E-state index contributed by atoms with van der Waals surface area (Å²) in [5, 5.41) is 4.08. The van der Waals surface area contributed by atoms with E-state index in [0.717, 1.165) is 30.4 Å². The molecule has 1 amide bonds. The van der Waals surface area contributed by atoms with E-state index in [1.165, 1.54) is 12.1 Å². The van der Waals surface area contributed by atoms with Crippen molar-refractivity contribution in [2.45, 2.75) is 32.2 Å². The highest BCUT2D eigenvalue weighted by atomic mass is 19.1. The first-order chi connectivity index (χ1) is 13.1. The standard InChI is InChI=1S/C21H20FN3O2/c1-14-9-11-15(12-10-14)19-23-20(27-24-19)18-8-4-5-13-25(18)21(26)16-6-2-3-7-17(16)22/h2-3,6-7,9-12,18H,4-5,8,13H2,1H3/t18-/m1/s1. The number of amides is 1. The average Bonchev–Trinajstić information content (AvgIpc) is 3.18. The van der Waals surface area contributed by atoms with Crippen LogP contribution in [0.2, 0.25) is 0 Å². The number of benzene rings is 2. The first-order valence-corrected chi connectivity index (χ1v) is 9.09. The zero-order valence-electron chi connectivity index (χ0n) is 15.1. The summed E-state index contributed by atoms with van der Waals surface area (Å²) in [6, 6.07) is 13.6. The molecular weight excluding hydrogens is 345 g/mol. The van der Waals surface area contributed by atoms with Crippen LogP contribution in [0, 0.1) is 12.7 Å². The molecular formula is C21H20FN3O2. The maximum absolute atomic E-state index is 14.1. The lowest BCUT2D eigenvalue weighted by Crippen LogP contribution is -2.39. The third-order valence-corrected chi connectivity index (χ3v) is 4.90. The molecule has 5 nitrogen and oxygen atoms in total. The first-order valence-electron chi connectivity index (χ1n) is 9.09. The molecule has 4 rings (SSSR count). The first kappa shape index (κ1) is 17.4. The van der Waals surface area contributed by atoms with Gasteiger partial charge in [-0.2, -0.15) is 4.98 Å². The van der Waals surface area contributed by atoms with Crippen molar-refractivity contribution in [3.8, 4) is 11.4 Å². The number of likely N-dealkylation sites (tertiary alicyclic amines) is 1. The zero-order valence-corrected chi connectivity index (χ0v) is 15.1. The molecule has 0 spiro atoms. The number of carbonyl (C=O) groups excluding carboxylic acids is 1. The van der Waals surface area contributed by atoms with Crippen LogP contribution in [0.3, 0.4) is 0 Å². The van der Waals surface area contributed by atoms with Crippen LogP contribution in [0.1, 0.15) is 47.1 Å². The van der Waals surface area contributed by atoms with Gasteiger partial charge in [0.2, 0.25) is 11.7 Å². The highest BCUT2D eigenvalue weighted by Gasteiger charge is 2.33. The molecule has 27 heavy (non-hydrogen) atoms. The van der Waals surface area contributed by atoms with Gasteiger partial charge in [-0.25, -0.2) is 4.39 Å². The largest absolute Gasteiger partial charge is 0.337 e. The lowest BCUT2D eigenvalue weighted by atomic mass is 10.0. The van der Waals surface area contributed by atoms with Gasteiger partial charge >= 0.3 is 0 Å². The molecule has 0 bridgehead atoms. The molecule has 2 aromatic carbocycles. The topological polar surface area (TPSA) is 59.2 Å². The number of rotatable bonds is 3. The van der Waals surface area contributed by atoms with E-state index in [-0.39, 0.29) is 17.5 Å². The van der Waals surface area contributed by atoms with Crippen molar-refractivity contribution in [1.29, 1.82) is 0 Å². The van der Waals surface area contributed by atoms with Gasteiger partial charge in [0.25, 0.3) is 5.91 Å². The molecule has 0 N–H and O–H groups in total. The minimum absolute atomic E-state index is 0.0719. The van der Waals surface area contributed by atoms with Gasteiger partial charge in [0.1, 0.15) is 11.9 Å². The third-order valence-electron chi connectivity index (χ3n) is 4.90. The van der Waals surface area contributed by atoms with Crippen LogP contribution in [-0.4, -0.2) is 27.5 Å². The molecule has 0 radical (unpaired) electrons. The van der Waals surface area contributed by atoms with Gasteiger partial charge in [-0.3, -0.25) is 4.79 Å². The summed E-state index contributed by atoms with van der Waals surface area (Å²) in [4.78, 5) is 19.1. The van der Waals surface area contributed by atoms with Crippen LogP contribution in [0.25, 0.3) is 11.4 Å². The lowest BCUT2D eigenvalue weighted by molar-refractivity contribution is 0.0556. The van der Waals surface area contributed by atoms with Gasteiger partial charge in [-0.05, 0) is 38.3 Å². The molecule has 1 atom stereocenters. The van der Waals surface area contributed by atoms with E-state index in [2.05, 4.69) is 10.1 Å². The zero-order chi connectivity index (χ0) is 18.8. The van der Waals surface area contributed by atoms with Gasteiger partial charge in [0.05, 0.1) is 5.56 Å². The molecule has 2 heterocycles. The molecule has 0 unspecified atom stereocenters. The number of piperidine rings is 1. The Labute approximate surface area is 156 Å². The predicted molar refractivity (Wildman–Crippen MR) is 98.5 cm³/mol. The van der Waals surface area contributed by atoms with Gasteiger partial charge in [-0.1, -0.05) is 47.1 Å². The summed E-state index contributed by atoms with van der Waals surface area (Å²) in [7, 11) is 0. The Morgan fingerprint density at radius 1 is 1.15 bits per heavy atom. The number of carbonyl (C=O) groups is 1. The van der Waals surface area contributed by atoms with Gasteiger partial charge in [0.15, 0.2) is 0 Å². The maximum Gasteiger partial charge on any atom is 0.257 e. The summed E-state index contributed by atoms with van der Waals surface area (Å²) in [5.74, 6) is 0.0365. The van der Waals surface area contributed by atoms with E-state index in [9.17, 15) is 9.18 Å². The lowest BCUT2D eigenvalue weighted by Gasteiger charge is -2.33. The second-order valence-electron chi connectivity index (χ2n) is 6.81. The minimum Gasteiger partial charge on any atom is -0.337 e. The van der Waals surface area contributed by atoms with E-state index in [4.69, 9.17) is 4.52 Å². The van der Waals surface area contributed by atoms with Crippen molar-refractivity contribution in [2.75, 3.05) is 6.54 Å². The van der Waals surface area contributed by atoms with Crippen LogP contribution in [-0.2, 0) is 0 Å². The maximum atomic E-state index is 14.1. The number of halogens is 1. The Hall–Kier alpha value is -3.02. The Morgan fingerprint density at radius 2 is 1.93 bits per heavy atom. The molecule has 0 saturated carbocycles. The molecule has 1 aromatic heterocycles. The second-order valence-corrected chi connectivity index (χ2v) is 6.81. The fourth-order valence-corrected chi connectivity index (χ4v) is 3.41. The van der Waals surface area contributed by atoms with Crippen LogP contribution in [0.4, 0.5) is 4.39 Å². The molecule has 1 aliphatic rings. The van der Waals surface area contributed by atoms with Gasteiger partial charge < -0.3 is 9.42 Å². The number of nitrogens with zero attached hydrogens (tertiary/aromatic N) is 3. The van der Waals surface area contributed by atoms with Crippen LogP contribution in [0.15, 0.2) is 53.1 Å². The molecule has 138 valence electrons. The van der Waals surface area contributed by atoms with Crippen molar-refractivity contribution >= 4 is 5.91 Å². The number of hydrogen-bond donors (Lipinski definition) is 0. The fourth-order valence-electron chi connectivity index (χ4n) is 3.41. The second kappa shape index (κ2) is 7.31. The summed E-state index contributed by atoms with van der Waals surface area (Å²) < 4.78 is 19.6. The molecule has 1 aliphatic heterocycles. The van der Waals surface area contributed by atoms with Gasteiger partial charge in [0, 0.05) is 12.1 Å². The van der Waals surface area contributed by atoms with Crippen LogP contribution < -0.4 is 0 Å². The molecule has 1 fully saturated rings. The quantitative estimate of drug-likeness (QED) is 0.683. The highest BCUT2D eigenvalue weighted by molar-refractivity contribution is 5.94. The molecule has 3 aromatic rings. The summed E-state index contributed by atoms with van der Waals surface area (Å²) in [6.45, 7) is 2.56. The minimum atomic E-state index is -0.516. The Morgan fingerprint density at radius 3 is 2.70 bits per heavy atom. The molecule has 1 saturated heterocycles. The predicted octanol–water partition coefficient (Wildman–Crippen LogP) is 4.55. The number of aromatic nitrogens is 2. The summed E-state index contributed by atoms with van der Waals surface area (Å²) >= 11 is 0. The van der Waals surface area contributed by atoms with Gasteiger partial charge in [-0.15, -0.1) is 0 Å². The molecule has 6 heteroatoms. The van der Waals surface area contributed by atoms with Crippen molar-refractivity contribution in [3.05, 3.63) is 71.4 Å². The SMILES string of the molecule is Cc1ccc(-c2noc([C@H]3CCCCN3C(=O)c3ccccc3F)n2)cc1. The average molecular weight is 365 g/mol. The Bertz CT molecular complexity index is 952. The van der Waals surface area contributed by atoms with Crippen molar-refractivity contribution in [3.63, 3.8) is 0 Å². The Kier molecular flexibility index (Phi) is 4.71. The third kappa shape index (κ3) is 3.47. The smallest absolute Gasteiger partial charge is 0.257 e. The molecule has 0 aliphatic carbocycles. The van der Waals surface area contributed by atoms with Crippen LogP contribution in [0.5, 0.6) is 0 Å². The van der Waals surface area contributed by atoms with Crippen molar-refractivity contribution in [2.24, 2.45) is 0 Å². The highest BCUT2D eigenvalue weighted by Crippen LogP contribution is 2.32. The number of hydrogen-bond acceptors (Lipinski definition) is 4. The normalized spacial score (nSPS) is 17.1. The van der Waals surface area contributed by atoms with E-state index in [0.29, 0.717) is 18.3 Å². The van der Waals surface area contributed by atoms with E-state index in [1.54, 1.807) is 17.0 Å². The van der Waals surface area contributed by atoms with E-state index >= 15 is 0 Å². The number of aryl methyl sites for hydroxylation is 1. The Balaban J connectivity index is 1.62. The van der Waals surface area contributed by atoms with Crippen LogP contribution >= 0.6 is 0 Å². The van der Waals surface area contributed by atoms with Crippen molar-refractivity contribution < 1.29 is 13.7 Å². The van der Waals surface area contributed by atoms with E-state index < -0.39 is 5.82 Å². The van der Waals surface area contributed by atoms with Crippen molar-refractivity contribution in [1.82, 2.24) is 15.0 Å². The van der Waals surface area contributed by atoms with E-state index in [1.807, 2.05) is 31.2 Å². The monoisotopic (exact) mass is 365 g/mol. The summed E-state index contributed by atoms with van der Waals surface area (Å²) in [6.07, 6.45) is 2.54. The summed E-state index contributed by atoms with van der Waals surface area (Å²) in [5.41, 5.74) is 2.08.